The standard InChI is InChI=1S/C30H20N3P/c1-2-9-21(10-3-1)34(23-11-8-18-31-20-23)22-16-17-29-27(19-22)32-30-26-14-5-4-12-24(26)25-13-6-7-15-28(25)33(29)30/h1-20H. The number of nitrogens with zero attached hydrogens (tertiary/aromatic N) is 3. The van der Waals surface area contributed by atoms with Crippen molar-refractivity contribution in [3.8, 4) is 0 Å². The molecule has 0 radical (unpaired) electrons. The molecule has 0 amide bonds. The lowest BCUT2D eigenvalue weighted by Gasteiger charge is -2.18. The number of benzene rings is 4. The highest BCUT2D eigenvalue weighted by molar-refractivity contribution is 7.79. The molecule has 0 aliphatic carbocycles. The van der Waals surface area contributed by atoms with Crippen LogP contribution in [-0.4, -0.2) is 14.4 Å². The van der Waals surface area contributed by atoms with Crippen LogP contribution in [0.2, 0.25) is 0 Å². The third-order valence-corrected chi connectivity index (χ3v) is 8.81. The molecule has 0 aliphatic rings. The molecule has 0 bridgehead atoms. The first-order chi connectivity index (χ1) is 16.9. The van der Waals surface area contributed by atoms with Gasteiger partial charge in [-0.05, 0) is 48.2 Å². The van der Waals surface area contributed by atoms with E-state index in [1.807, 2.05) is 18.5 Å². The van der Waals surface area contributed by atoms with Crippen molar-refractivity contribution in [1.29, 1.82) is 0 Å². The second-order valence-electron chi connectivity index (χ2n) is 8.39. The molecular weight excluding hydrogens is 433 g/mol. The zero-order chi connectivity index (χ0) is 22.5. The van der Waals surface area contributed by atoms with Crippen molar-refractivity contribution in [2.24, 2.45) is 0 Å². The predicted octanol–water partition coefficient (Wildman–Crippen LogP) is 5.95. The van der Waals surface area contributed by atoms with Gasteiger partial charge >= 0.3 is 0 Å². The Morgan fingerprint density at radius 1 is 0.559 bits per heavy atom. The van der Waals surface area contributed by atoms with Crippen molar-refractivity contribution >= 4 is 62.2 Å². The molecule has 7 aromatic rings. The monoisotopic (exact) mass is 453 g/mol. The van der Waals surface area contributed by atoms with E-state index in [0.29, 0.717) is 0 Å². The van der Waals surface area contributed by atoms with E-state index in [-0.39, 0.29) is 0 Å². The van der Waals surface area contributed by atoms with Gasteiger partial charge in [0.1, 0.15) is 5.65 Å². The van der Waals surface area contributed by atoms with Gasteiger partial charge in [0.15, 0.2) is 0 Å². The topological polar surface area (TPSA) is 30.2 Å². The smallest absolute Gasteiger partial charge is 0.146 e. The van der Waals surface area contributed by atoms with Gasteiger partial charge in [0.05, 0.1) is 16.6 Å². The number of hydrogen-bond acceptors (Lipinski definition) is 2. The highest BCUT2D eigenvalue weighted by Gasteiger charge is 2.19. The fourth-order valence-corrected chi connectivity index (χ4v) is 7.21. The Morgan fingerprint density at radius 3 is 2.12 bits per heavy atom. The lowest BCUT2D eigenvalue weighted by Crippen LogP contribution is -2.20. The SMILES string of the molecule is c1ccc(P(c2cccnc2)c2ccc3c(c2)nc2c4ccccc4c4ccccc4n32)cc1. The minimum Gasteiger partial charge on any atom is -0.292 e. The molecule has 0 aliphatic heterocycles. The van der Waals surface area contributed by atoms with Gasteiger partial charge in [-0.3, -0.25) is 9.38 Å². The fraction of sp³-hybridized carbons (Fsp3) is 0. The second kappa shape index (κ2) is 7.76. The summed E-state index contributed by atoms with van der Waals surface area (Å²) in [5.41, 5.74) is 4.34. The maximum Gasteiger partial charge on any atom is 0.146 e. The average Bonchev–Trinajstić information content (AvgIpc) is 3.30. The third-order valence-electron chi connectivity index (χ3n) is 6.42. The van der Waals surface area contributed by atoms with E-state index < -0.39 is 7.92 Å². The van der Waals surface area contributed by atoms with Crippen LogP contribution in [0.5, 0.6) is 0 Å². The molecule has 4 aromatic carbocycles. The minimum atomic E-state index is -0.729. The predicted molar refractivity (Wildman–Crippen MR) is 144 cm³/mol. The molecule has 0 spiro atoms. The van der Waals surface area contributed by atoms with Crippen molar-refractivity contribution in [2.75, 3.05) is 0 Å². The molecule has 0 N–H and O–H groups in total. The highest BCUT2D eigenvalue weighted by atomic mass is 31.1. The fourth-order valence-electron chi connectivity index (χ4n) is 4.95. The quantitative estimate of drug-likeness (QED) is 0.245. The largest absolute Gasteiger partial charge is 0.292 e. The van der Waals surface area contributed by atoms with E-state index in [1.165, 1.54) is 37.6 Å². The van der Waals surface area contributed by atoms with Gasteiger partial charge in [-0.15, -0.1) is 0 Å². The minimum absolute atomic E-state index is 0.729. The number of imidazole rings is 1. The summed E-state index contributed by atoms with van der Waals surface area (Å²) in [5.74, 6) is 0. The van der Waals surface area contributed by atoms with Crippen LogP contribution in [0.4, 0.5) is 0 Å². The van der Waals surface area contributed by atoms with Crippen molar-refractivity contribution in [2.45, 2.75) is 0 Å². The van der Waals surface area contributed by atoms with Gasteiger partial charge in [-0.1, -0.05) is 84.9 Å². The van der Waals surface area contributed by atoms with Crippen LogP contribution in [0, 0.1) is 0 Å². The van der Waals surface area contributed by atoms with E-state index in [0.717, 1.165) is 16.7 Å². The first-order valence-electron chi connectivity index (χ1n) is 11.4. The van der Waals surface area contributed by atoms with Crippen LogP contribution in [-0.2, 0) is 0 Å². The van der Waals surface area contributed by atoms with Gasteiger partial charge in [0.2, 0.25) is 0 Å². The molecule has 3 nitrogen and oxygen atoms in total. The third kappa shape index (κ3) is 2.95. The zero-order valence-corrected chi connectivity index (χ0v) is 19.2. The van der Waals surface area contributed by atoms with Gasteiger partial charge < -0.3 is 0 Å². The van der Waals surface area contributed by atoms with Crippen LogP contribution < -0.4 is 15.9 Å². The van der Waals surface area contributed by atoms with Crippen LogP contribution in [0.1, 0.15) is 0 Å². The van der Waals surface area contributed by atoms with Crippen molar-refractivity contribution < 1.29 is 0 Å². The molecule has 0 saturated carbocycles. The summed E-state index contributed by atoms with van der Waals surface area (Å²) < 4.78 is 2.31. The van der Waals surface area contributed by atoms with E-state index >= 15 is 0 Å². The average molecular weight is 453 g/mol. The van der Waals surface area contributed by atoms with Crippen LogP contribution in [0.3, 0.4) is 0 Å². The highest BCUT2D eigenvalue weighted by Crippen LogP contribution is 2.35. The van der Waals surface area contributed by atoms with Gasteiger partial charge in [0, 0.05) is 28.5 Å². The van der Waals surface area contributed by atoms with Crippen molar-refractivity contribution in [3.05, 3.63) is 122 Å². The molecule has 7 rings (SSSR count). The summed E-state index contributed by atoms with van der Waals surface area (Å²) in [7, 11) is -0.729. The Morgan fingerprint density at radius 2 is 1.29 bits per heavy atom. The molecule has 1 unspecified atom stereocenters. The van der Waals surface area contributed by atoms with E-state index in [1.54, 1.807) is 0 Å². The van der Waals surface area contributed by atoms with E-state index in [2.05, 4.69) is 113 Å². The van der Waals surface area contributed by atoms with Crippen LogP contribution in [0.25, 0.3) is 38.4 Å². The molecule has 3 aromatic heterocycles. The Labute approximate surface area is 198 Å². The number of para-hydroxylation sites is 1. The summed E-state index contributed by atoms with van der Waals surface area (Å²) >= 11 is 0. The molecule has 160 valence electrons. The Balaban J connectivity index is 1.54. The van der Waals surface area contributed by atoms with Crippen LogP contribution >= 0.6 is 7.92 Å². The normalized spacial score (nSPS) is 12.6. The van der Waals surface area contributed by atoms with E-state index in [9.17, 15) is 0 Å². The first kappa shape index (κ1) is 19.4. The summed E-state index contributed by atoms with van der Waals surface area (Å²) in [4.78, 5) is 9.60. The lowest BCUT2D eigenvalue weighted by molar-refractivity contribution is 1.31. The molecular formula is C30H20N3P. The van der Waals surface area contributed by atoms with E-state index in [4.69, 9.17) is 4.98 Å². The number of aromatic nitrogens is 3. The first-order valence-corrected chi connectivity index (χ1v) is 12.7. The molecule has 0 fully saturated rings. The molecule has 0 saturated heterocycles. The van der Waals surface area contributed by atoms with Gasteiger partial charge in [-0.25, -0.2) is 4.98 Å². The maximum absolute atomic E-state index is 5.18. The zero-order valence-electron chi connectivity index (χ0n) is 18.3. The second-order valence-corrected chi connectivity index (χ2v) is 10.6. The summed E-state index contributed by atoms with van der Waals surface area (Å²) in [6.07, 6.45) is 3.83. The number of hydrogen-bond donors (Lipinski definition) is 0. The Bertz CT molecular complexity index is 1770. The Kier molecular flexibility index (Phi) is 4.43. The number of fused-ring (bicyclic) bond motifs is 8. The van der Waals surface area contributed by atoms with Crippen molar-refractivity contribution in [3.63, 3.8) is 0 Å². The number of pyridine rings is 2. The molecule has 3 heterocycles. The summed E-state index contributed by atoms with van der Waals surface area (Å²) in [6.45, 7) is 0. The number of rotatable bonds is 3. The molecule has 4 heteroatoms. The van der Waals surface area contributed by atoms with Crippen LogP contribution in [0.15, 0.2) is 122 Å². The van der Waals surface area contributed by atoms with Gasteiger partial charge in [-0.2, -0.15) is 0 Å². The molecule has 34 heavy (non-hydrogen) atoms. The van der Waals surface area contributed by atoms with Crippen molar-refractivity contribution in [1.82, 2.24) is 14.4 Å². The lowest BCUT2D eigenvalue weighted by atomic mass is 10.1. The maximum atomic E-state index is 5.18. The molecule has 1 atom stereocenters. The summed E-state index contributed by atoms with van der Waals surface area (Å²) in [5, 5.41) is 7.49. The summed E-state index contributed by atoms with van der Waals surface area (Å²) in [6, 6.07) is 38.9. The Hall–Kier alpha value is -4.07. The van der Waals surface area contributed by atoms with Gasteiger partial charge in [0.25, 0.3) is 0 Å².